The predicted molar refractivity (Wildman–Crippen MR) is 161 cm³/mol. The van der Waals surface area contributed by atoms with Crippen LogP contribution in [0.25, 0.3) is 22.6 Å². The van der Waals surface area contributed by atoms with Gasteiger partial charge < -0.3 is 10.1 Å². The SMILES string of the molecule is COc1ccc(NC(=O)c2cccc(Cc3c(-c4ccccn4)nn(C4CCS(=O)(=O)C4)c3-c3ccccc3)c2)cn1. The third-order valence-corrected chi connectivity index (χ3v) is 9.04. The number of rotatable bonds is 8. The van der Waals surface area contributed by atoms with Gasteiger partial charge in [0.25, 0.3) is 5.91 Å². The molecule has 1 aliphatic heterocycles. The van der Waals surface area contributed by atoms with E-state index in [-0.39, 0.29) is 23.5 Å². The van der Waals surface area contributed by atoms with Crippen molar-refractivity contribution in [1.29, 1.82) is 0 Å². The van der Waals surface area contributed by atoms with Gasteiger partial charge in [-0.3, -0.25) is 14.5 Å². The highest BCUT2D eigenvalue weighted by atomic mass is 32.2. The molecule has 2 aromatic carbocycles. The van der Waals surface area contributed by atoms with E-state index in [4.69, 9.17) is 9.84 Å². The van der Waals surface area contributed by atoms with Gasteiger partial charge in [0.15, 0.2) is 9.84 Å². The number of amides is 1. The average molecular weight is 580 g/mol. The highest BCUT2D eigenvalue weighted by Crippen LogP contribution is 2.37. The third-order valence-electron chi connectivity index (χ3n) is 7.29. The van der Waals surface area contributed by atoms with E-state index in [0.29, 0.717) is 41.4 Å². The molecule has 0 bridgehead atoms. The first kappa shape index (κ1) is 27.3. The summed E-state index contributed by atoms with van der Waals surface area (Å²) in [7, 11) is -1.61. The molecule has 6 rings (SSSR count). The molecular formula is C32H29N5O4S. The highest BCUT2D eigenvalue weighted by molar-refractivity contribution is 7.91. The number of carbonyl (C=O) groups excluding carboxylic acids is 1. The van der Waals surface area contributed by atoms with Gasteiger partial charge in [-0.1, -0.05) is 48.5 Å². The molecule has 10 heteroatoms. The molecule has 0 saturated carbocycles. The number of carbonyl (C=O) groups is 1. The van der Waals surface area contributed by atoms with Gasteiger partial charge in [-0.15, -0.1) is 0 Å². The van der Waals surface area contributed by atoms with Gasteiger partial charge in [0.1, 0.15) is 5.69 Å². The van der Waals surface area contributed by atoms with E-state index in [2.05, 4.69) is 15.3 Å². The molecule has 0 radical (unpaired) electrons. The van der Waals surface area contributed by atoms with E-state index in [1.807, 2.05) is 71.4 Å². The van der Waals surface area contributed by atoms with Crippen LogP contribution in [0.2, 0.25) is 0 Å². The first-order chi connectivity index (χ1) is 20.4. The summed E-state index contributed by atoms with van der Waals surface area (Å²) in [5.41, 5.74) is 6.07. The van der Waals surface area contributed by atoms with Crippen LogP contribution in [0.1, 0.15) is 33.9 Å². The zero-order chi connectivity index (χ0) is 29.1. The van der Waals surface area contributed by atoms with Gasteiger partial charge in [-0.05, 0) is 42.3 Å². The molecule has 1 fully saturated rings. The van der Waals surface area contributed by atoms with Crippen molar-refractivity contribution in [3.8, 4) is 28.5 Å². The number of nitrogens with zero attached hydrogens (tertiary/aromatic N) is 4. The molecular weight excluding hydrogens is 550 g/mol. The standard InChI is InChI=1S/C32H29N5O4S/c1-41-29-14-13-25(20-34-29)35-32(38)24-11-7-8-22(18-24)19-27-30(28-12-5-6-16-33-28)36-37(26-15-17-42(39,40)21-26)31(27)23-9-3-2-4-10-23/h2-14,16,18,20,26H,15,17,19,21H2,1H3,(H,35,38). The molecule has 3 aromatic heterocycles. The van der Waals surface area contributed by atoms with Crippen LogP contribution >= 0.6 is 0 Å². The molecule has 4 heterocycles. The number of sulfone groups is 1. The zero-order valence-electron chi connectivity index (χ0n) is 23.0. The fourth-order valence-electron chi connectivity index (χ4n) is 5.28. The van der Waals surface area contributed by atoms with Crippen LogP contribution in [0.5, 0.6) is 5.88 Å². The van der Waals surface area contributed by atoms with E-state index < -0.39 is 9.84 Å². The van der Waals surface area contributed by atoms with Crippen LogP contribution in [-0.4, -0.2) is 52.7 Å². The fourth-order valence-corrected chi connectivity index (χ4v) is 6.98. The fraction of sp³-hybridized carbons (Fsp3) is 0.188. The van der Waals surface area contributed by atoms with Gasteiger partial charge in [0.2, 0.25) is 5.88 Å². The van der Waals surface area contributed by atoms with Crippen molar-refractivity contribution in [3.05, 3.63) is 114 Å². The van der Waals surface area contributed by atoms with E-state index in [0.717, 1.165) is 22.4 Å². The minimum atomic E-state index is -3.15. The number of benzene rings is 2. The molecule has 1 N–H and O–H groups in total. The number of hydrogen-bond donors (Lipinski definition) is 1. The van der Waals surface area contributed by atoms with Crippen LogP contribution in [0, 0.1) is 0 Å². The number of hydrogen-bond acceptors (Lipinski definition) is 7. The largest absolute Gasteiger partial charge is 0.481 e. The predicted octanol–water partition coefficient (Wildman–Crippen LogP) is 5.22. The normalized spacial score (nSPS) is 15.8. The Bertz CT molecular complexity index is 1820. The van der Waals surface area contributed by atoms with Gasteiger partial charge in [-0.2, -0.15) is 5.10 Å². The second-order valence-electron chi connectivity index (χ2n) is 10.2. The van der Waals surface area contributed by atoms with Gasteiger partial charge in [0.05, 0.1) is 47.9 Å². The lowest BCUT2D eigenvalue weighted by atomic mass is 9.96. The molecule has 1 unspecified atom stereocenters. The molecule has 42 heavy (non-hydrogen) atoms. The Morgan fingerprint density at radius 2 is 1.83 bits per heavy atom. The van der Waals surface area contributed by atoms with Crippen LogP contribution in [-0.2, 0) is 16.3 Å². The van der Waals surface area contributed by atoms with Crippen LogP contribution in [0.4, 0.5) is 5.69 Å². The number of nitrogens with one attached hydrogen (secondary N) is 1. The number of anilines is 1. The van der Waals surface area contributed by atoms with Crippen molar-refractivity contribution in [2.45, 2.75) is 18.9 Å². The average Bonchev–Trinajstić information content (AvgIpc) is 3.58. The number of pyridine rings is 2. The summed E-state index contributed by atoms with van der Waals surface area (Å²) >= 11 is 0. The Hall–Kier alpha value is -4.83. The van der Waals surface area contributed by atoms with Crippen LogP contribution < -0.4 is 10.1 Å². The molecule has 1 saturated heterocycles. The molecule has 0 spiro atoms. The number of ether oxygens (including phenoxy) is 1. The molecule has 9 nitrogen and oxygen atoms in total. The lowest BCUT2D eigenvalue weighted by Crippen LogP contribution is -2.14. The Balaban J connectivity index is 1.41. The summed E-state index contributed by atoms with van der Waals surface area (Å²) in [5, 5.41) is 7.90. The maximum Gasteiger partial charge on any atom is 0.255 e. The minimum absolute atomic E-state index is 0.0471. The minimum Gasteiger partial charge on any atom is -0.481 e. The van der Waals surface area contributed by atoms with Gasteiger partial charge >= 0.3 is 0 Å². The quantitative estimate of drug-likeness (QED) is 0.268. The molecule has 1 aliphatic rings. The van der Waals surface area contributed by atoms with Crippen molar-refractivity contribution in [1.82, 2.24) is 19.7 Å². The van der Waals surface area contributed by atoms with E-state index >= 15 is 0 Å². The van der Waals surface area contributed by atoms with Crippen molar-refractivity contribution in [2.75, 3.05) is 23.9 Å². The van der Waals surface area contributed by atoms with Gasteiger partial charge in [0, 0.05) is 35.4 Å². The van der Waals surface area contributed by atoms with Gasteiger partial charge in [-0.25, -0.2) is 13.4 Å². The second kappa shape index (κ2) is 11.6. The monoisotopic (exact) mass is 579 g/mol. The second-order valence-corrected chi connectivity index (χ2v) is 12.4. The Morgan fingerprint density at radius 1 is 1.00 bits per heavy atom. The smallest absolute Gasteiger partial charge is 0.255 e. The van der Waals surface area contributed by atoms with E-state index in [1.165, 1.54) is 7.11 Å². The Kier molecular flexibility index (Phi) is 7.54. The summed E-state index contributed by atoms with van der Waals surface area (Å²) < 4.78 is 31.9. The van der Waals surface area contributed by atoms with Crippen molar-refractivity contribution in [2.24, 2.45) is 0 Å². The summed E-state index contributed by atoms with van der Waals surface area (Å²) in [6.07, 6.45) is 4.23. The summed E-state index contributed by atoms with van der Waals surface area (Å²) in [4.78, 5) is 21.9. The van der Waals surface area contributed by atoms with Crippen molar-refractivity contribution >= 4 is 21.4 Å². The molecule has 1 amide bonds. The summed E-state index contributed by atoms with van der Waals surface area (Å²) in [5.74, 6) is 0.388. The van der Waals surface area contributed by atoms with Crippen molar-refractivity contribution < 1.29 is 17.9 Å². The topological polar surface area (TPSA) is 116 Å². The highest BCUT2D eigenvalue weighted by Gasteiger charge is 2.33. The first-order valence-corrected chi connectivity index (χ1v) is 15.4. The maximum atomic E-state index is 13.1. The van der Waals surface area contributed by atoms with Crippen LogP contribution in [0.3, 0.4) is 0 Å². The molecule has 0 aliphatic carbocycles. The molecule has 212 valence electrons. The summed E-state index contributed by atoms with van der Waals surface area (Å²) in [6, 6.07) is 26.1. The summed E-state index contributed by atoms with van der Waals surface area (Å²) in [6.45, 7) is 0. The zero-order valence-corrected chi connectivity index (χ0v) is 23.8. The maximum absolute atomic E-state index is 13.1. The van der Waals surface area contributed by atoms with E-state index in [9.17, 15) is 13.2 Å². The first-order valence-electron chi connectivity index (χ1n) is 13.6. The van der Waals surface area contributed by atoms with Crippen LogP contribution in [0.15, 0.2) is 97.3 Å². The molecule has 1 atom stereocenters. The number of aromatic nitrogens is 4. The van der Waals surface area contributed by atoms with E-state index in [1.54, 1.807) is 30.6 Å². The third kappa shape index (κ3) is 5.80. The molecule has 5 aromatic rings. The number of methoxy groups -OCH3 is 1. The Labute approximate surface area is 244 Å². The Morgan fingerprint density at radius 3 is 2.52 bits per heavy atom. The van der Waals surface area contributed by atoms with Crippen molar-refractivity contribution in [3.63, 3.8) is 0 Å². The lowest BCUT2D eigenvalue weighted by Gasteiger charge is -2.15. The lowest BCUT2D eigenvalue weighted by molar-refractivity contribution is 0.102.